The molecule has 2 aliphatic rings. The van der Waals surface area contributed by atoms with Crippen molar-refractivity contribution in [2.75, 3.05) is 13.1 Å². The van der Waals surface area contributed by atoms with Gasteiger partial charge in [0.15, 0.2) is 0 Å². The quantitative estimate of drug-likeness (QED) is 0.408. The number of azide groups is 1. The number of nitrogens with zero attached hydrogens (tertiary/aromatic N) is 4. The average Bonchev–Trinajstić information content (AvgIpc) is 2.59. The fourth-order valence-electron chi connectivity index (χ4n) is 2.79. The number of carbonyl (C=O) groups is 1. The highest BCUT2D eigenvalue weighted by atomic mass is 16.4. The van der Waals surface area contributed by atoms with E-state index in [1.54, 1.807) is 0 Å². The first-order chi connectivity index (χ1) is 7.20. The summed E-state index contributed by atoms with van der Waals surface area (Å²) in [4.78, 5) is 15.1. The molecule has 0 spiro atoms. The molecule has 1 saturated heterocycles. The molecular weight excluding hydrogens is 196 g/mol. The molecule has 1 saturated carbocycles. The zero-order chi connectivity index (χ0) is 10.8. The third-order valence-electron chi connectivity index (χ3n) is 3.53. The van der Waals surface area contributed by atoms with Crippen molar-refractivity contribution in [1.82, 2.24) is 4.90 Å². The molecule has 0 radical (unpaired) electrons. The van der Waals surface area contributed by atoms with Gasteiger partial charge < -0.3 is 10.0 Å². The Labute approximate surface area is 87.5 Å². The first-order valence-electron chi connectivity index (χ1n) is 5.22. The van der Waals surface area contributed by atoms with E-state index in [2.05, 4.69) is 10.0 Å². The molecular formula is C9H14N4O2. The van der Waals surface area contributed by atoms with Gasteiger partial charge in [-0.15, -0.1) is 0 Å². The number of hydrogen-bond donors (Lipinski definition) is 1. The van der Waals surface area contributed by atoms with Gasteiger partial charge in [-0.3, -0.25) is 0 Å². The lowest BCUT2D eigenvalue weighted by Crippen LogP contribution is -2.41. The maximum atomic E-state index is 10.8. The Balaban J connectivity index is 1.98. The molecule has 2 fully saturated rings. The molecule has 0 aromatic rings. The van der Waals surface area contributed by atoms with E-state index >= 15 is 0 Å². The fourth-order valence-corrected chi connectivity index (χ4v) is 2.79. The lowest BCUT2D eigenvalue weighted by Gasteiger charge is -2.33. The van der Waals surface area contributed by atoms with Crippen LogP contribution in [0.15, 0.2) is 5.11 Å². The normalized spacial score (nSPS) is 34.4. The first kappa shape index (κ1) is 10.1. The predicted molar refractivity (Wildman–Crippen MR) is 53.4 cm³/mol. The van der Waals surface area contributed by atoms with Crippen molar-refractivity contribution in [3.63, 3.8) is 0 Å². The van der Waals surface area contributed by atoms with Crippen LogP contribution in [0.1, 0.15) is 19.3 Å². The van der Waals surface area contributed by atoms with Crippen molar-refractivity contribution >= 4 is 6.09 Å². The van der Waals surface area contributed by atoms with E-state index in [-0.39, 0.29) is 6.04 Å². The molecule has 0 aromatic heterocycles. The summed E-state index contributed by atoms with van der Waals surface area (Å²) < 4.78 is 0. The van der Waals surface area contributed by atoms with Crippen molar-refractivity contribution in [2.24, 2.45) is 17.0 Å². The van der Waals surface area contributed by atoms with Gasteiger partial charge in [-0.2, -0.15) is 0 Å². The number of rotatable bonds is 1. The molecule has 82 valence electrons. The minimum Gasteiger partial charge on any atom is -0.465 e. The van der Waals surface area contributed by atoms with Crippen LogP contribution in [-0.2, 0) is 0 Å². The molecule has 3 atom stereocenters. The van der Waals surface area contributed by atoms with Gasteiger partial charge in [0.2, 0.25) is 0 Å². The van der Waals surface area contributed by atoms with Crippen molar-refractivity contribution in [3.8, 4) is 0 Å². The lowest BCUT2D eigenvalue weighted by molar-refractivity contribution is 0.106. The van der Waals surface area contributed by atoms with Gasteiger partial charge in [-0.25, -0.2) is 4.79 Å². The summed E-state index contributed by atoms with van der Waals surface area (Å²) in [6.45, 7) is 1.23. The largest absolute Gasteiger partial charge is 0.465 e. The number of piperidine rings is 1. The number of likely N-dealkylation sites (tertiary alicyclic amines) is 1. The molecule has 15 heavy (non-hydrogen) atoms. The van der Waals surface area contributed by atoms with Crippen LogP contribution in [0.25, 0.3) is 10.4 Å². The maximum absolute atomic E-state index is 10.8. The summed E-state index contributed by atoms with van der Waals surface area (Å²) in [5.41, 5.74) is 8.35. The van der Waals surface area contributed by atoms with Crippen LogP contribution in [0, 0.1) is 11.8 Å². The smallest absolute Gasteiger partial charge is 0.407 e. The number of fused-ring (bicyclic) bond motifs is 1. The van der Waals surface area contributed by atoms with Crippen LogP contribution in [0.2, 0.25) is 0 Å². The molecule has 0 aromatic carbocycles. The van der Waals surface area contributed by atoms with Crippen LogP contribution in [0.5, 0.6) is 0 Å². The Kier molecular flexibility index (Phi) is 2.68. The summed E-state index contributed by atoms with van der Waals surface area (Å²) in [6, 6.07) is 0.0822. The van der Waals surface area contributed by atoms with E-state index in [0.717, 1.165) is 19.3 Å². The van der Waals surface area contributed by atoms with E-state index in [1.807, 2.05) is 0 Å². The minimum atomic E-state index is -0.833. The second-order valence-corrected chi connectivity index (χ2v) is 4.37. The molecule has 2 rings (SSSR count). The Bertz CT molecular complexity index is 313. The number of hydrogen-bond acceptors (Lipinski definition) is 2. The van der Waals surface area contributed by atoms with Gasteiger partial charge in [0.25, 0.3) is 0 Å². The molecule has 1 aliphatic carbocycles. The summed E-state index contributed by atoms with van der Waals surface area (Å²) >= 11 is 0. The standard InChI is InChI=1S/C9H14N4O2/c10-12-11-8-3-6-1-2-13(9(14)15)5-7(6)4-8/h6-8H,1-5H2,(H,14,15)/t6-,7-,8-/m1/s1. The second kappa shape index (κ2) is 3.98. The monoisotopic (exact) mass is 210 g/mol. The Morgan fingerprint density at radius 2 is 2.20 bits per heavy atom. The van der Waals surface area contributed by atoms with Crippen molar-refractivity contribution in [1.29, 1.82) is 0 Å². The van der Waals surface area contributed by atoms with E-state index < -0.39 is 6.09 Å². The molecule has 6 heteroatoms. The molecule has 1 heterocycles. The van der Waals surface area contributed by atoms with Gasteiger partial charge in [-0.1, -0.05) is 5.11 Å². The zero-order valence-corrected chi connectivity index (χ0v) is 8.41. The van der Waals surface area contributed by atoms with E-state index in [0.29, 0.717) is 24.9 Å². The molecule has 1 N–H and O–H groups in total. The van der Waals surface area contributed by atoms with Crippen molar-refractivity contribution in [2.45, 2.75) is 25.3 Å². The maximum Gasteiger partial charge on any atom is 0.407 e. The van der Waals surface area contributed by atoms with Gasteiger partial charge in [0.05, 0.1) is 0 Å². The van der Waals surface area contributed by atoms with E-state index in [4.69, 9.17) is 10.6 Å². The van der Waals surface area contributed by atoms with Crippen LogP contribution in [0.3, 0.4) is 0 Å². The Hall–Kier alpha value is -1.42. The van der Waals surface area contributed by atoms with Crippen LogP contribution >= 0.6 is 0 Å². The third-order valence-corrected chi connectivity index (χ3v) is 3.53. The SMILES string of the molecule is [N-]=[N+]=N[C@@H]1C[C@H]2CCN(C(=O)O)C[C@H]2C1. The fraction of sp³-hybridized carbons (Fsp3) is 0.889. The van der Waals surface area contributed by atoms with E-state index in [1.165, 1.54) is 4.90 Å². The Morgan fingerprint density at radius 3 is 2.87 bits per heavy atom. The summed E-state index contributed by atoms with van der Waals surface area (Å²) in [6.07, 6.45) is 1.86. The van der Waals surface area contributed by atoms with E-state index in [9.17, 15) is 4.79 Å². The van der Waals surface area contributed by atoms with Crippen molar-refractivity contribution in [3.05, 3.63) is 10.4 Å². The van der Waals surface area contributed by atoms with Gasteiger partial charge >= 0.3 is 6.09 Å². The van der Waals surface area contributed by atoms with Crippen molar-refractivity contribution < 1.29 is 9.90 Å². The number of amides is 1. The Morgan fingerprint density at radius 1 is 1.47 bits per heavy atom. The summed E-state index contributed by atoms with van der Waals surface area (Å²) in [5.74, 6) is 0.946. The predicted octanol–water partition coefficient (Wildman–Crippen LogP) is 2.08. The summed E-state index contributed by atoms with van der Waals surface area (Å²) in [5, 5.41) is 12.6. The van der Waals surface area contributed by atoms with Crippen LogP contribution in [-0.4, -0.2) is 35.2 Å². The minimum absolute atomic E-state index is 0.0822. The van der Waals surface area contributed by atoms with Crippen LogP contribution in [0.4, 0.5) is 4.79 Å². The number of carboxylic acid groups (broad SMARTS) is 1. The highest BCUT2D eigenvalue weighted by Crippen LogP contribution is 2.39. The molecule has 1 aliphatic heterocycles. The summed E-state index contributed by atoms with van der Waals surface area (Å²) in [7, 11) is 0. The third kappa shape index (κ3) is 1.99. The van der Waals surface area contributed by atoms with Crippen LogP contribution < -0.4 is 0 Å². The second-order valence-electron chi connectivity index (χ2n) is 4.37. The van der Waals surface area contributed by atoms with Gasteiger partial charge in [0.1, 0.15) is 0 Å². The molecule has 0 unspecified atom stereocenters. The molecule has 0 bridgehead atoms. The van der Waals surface area contributed by atoms with Gasteiger partial charge in [0, 0.05) is 24.0 Å². The zero-order valence-electron chi connectivity index (χ0n) is 8.41. The highest BCUT2D eigenvalue weighted by molar-refractivity contribution is 5.65. The first-order valence-corrected chi connectivity index (χ1v) is 5.22. The highest BCUT2D eigenvalue weighted by Gasteiger charge is 2.38. The molecule has 1 amide bonds. The average molecular weight is 210 g/mol. The lowest BCUT2D eigenvalue weighted by atomic mass is 9.89. The topological polar surface area (TPSA) is 89.3 Å². The molecule has 6 nitrogen and oxygen atoms in total. The van der Waals surface area contributed by atoms with Gasteiger partial charge in [-0.05, 0) is 36.6 Å².